The van der Waals surface area contributed by atoms with Crippen molar-refractivity contribution in [3.05, 3.63) is 45.3 Å². The van der Waals surface area contributed by atoms with E-state index in [1.807, 2.05) is 6.92 Å². The molecule has 3 rings (SSSR count). The average molecular weight is 422 g/mol. The van der Waals surface area contributed by atoms with Gasteiger partial charge in [-0.3, -0.25) is 14.2 Å². The van der Waals surface area contributed by atoms with Gasteiger partial charge < -0.3 is 10.4 Å². The minimum absolute atomic E-state index is 0.00339. The molecule has 0 fully saturated rings. The second-order valence-corrected chi connectivity index (χ2v) is 9.39. The van der Waals surface area contributed by atoms with Crippen LogP contribution in [0.5, 0.6) is 5.75 Å². The summed E-state index contributed by atoms with van der Waals surface area (Å²) >= 11 is 1.07. The molecule has 2 heterocycles. The quantitative estimate of drug-likeness (QED) is 0.611. The number of hydrogen-bond donors (Lipinski definition) is 2. The molecule has 0 aliphatic rings. The zero-order chi connectivity index (χ0) is 20.6. The molecule has 1 aromatic carbocycles. The van der Waals surface area contributed by atoms with E-state index in [-0.39, 0.29) is 32.5 Å². The largest absolute Gasteiger partial charge is 0.506 e. The maximum Gasteiger partial charge on any atom is 0.266 e. The van der Waals surface area contributed by atoms with Gasteiger partial charge in [0.05, 0.1) is 32.9 Å². The third-order valence-electron chi connectivity index (χ3n) is 4.42. The summed E-state index contributed by atoms with van der Waals surface area (Å²) in [5, 5.41) is 12.9. The SMILES string of the molecule is CCn1cnc2sc(C(=O)Nc3cc(S(=O)(=O)CC)ccc3O)c(C)c2c1=O. The number of benzene rings is 1. The molecule has 1 amide bonds. The van der Waals surface area contributed by atoms with Crippen LogP contribution in [0, 0.1) is 6.92 Å². The number of sulfone groups is 1. The number of fused-ring (bicyclic) bond motifs is 1. The molecule has 0 unspecified atom stereocenters. The smallest absolute Gasteiger partial charge is 0.266 e. The molecule has 148 valence electrons. The van der Waals surface area contributed by atoms with Crippen LogP contribution in [-0.4, -0.2) is 34.7 Å². The number of carbonyl (C=O) groups is 1. The molecule has 0 radical (unpaired) electrons. The molecule has 0 atom stereocenters. The van der Waals surface area contributed by atoms with Gasteiger partial charge in [-0.25, -0.2) is 13.4 Å². The lowest BCUT2D eigenvalue weighted by Gasteiger charge is -2.09. The molecule has 3 aromatic rings. The van der Waals surface area contributed by atoms with Gasteiger partial charge in [0.15, 0.2) is 9.84 Å². The van der Waals surface area contributed by atoms with Crippen LogP contribution in [0.3, 0.4) is 0 Å². The molecular weight excluding hydrogens is 402 g/mol. The zero-order valence-corrected chi connectivity index (χ0v) is 17.1. The van der Waals surface area contributed by atoms with Gasteiger partial charge in [0.2, 0.25) is 0 Å². The summed E-state index contributed by atoms with van der Waals surface area (Å²) in [7, 11) is -3.49. The van der Waals surface area contributed by atoms with Crippen LogP contribution in [0.15, 0.2) is 34.2 Å². The Kier molecular flexibility index (Phi) is 5.26. The summed E-state index contributed by atoms with van der Waals surface area (Å²) in [6.07, 6.45) is 1.44. The molecule has 0 saturated carbocycles. The van der Waals surface area contributed by atoms with Crippen molar-refractivity contribution in [3.63, 3.8) is 0 Å². The van der Waals surface area contributed by atoms with Crippen molar-refractivity contribution < 1.29 is 18.3 Å². The van der Waals surface area contributed by atoms with E-state index >= 15 is 0 Å². The molecule has 0 bridgehead atoms. The molecule has 2 aromatic heterocycles. The second-order valence-electron chi connectivity index (χ2n) is 6.11. The van der Waals surface area contributed by atoms with Crippen LogP contribution in [-0.2, 0) is 16.4 Å². The fourth-order valence-corrected chi connectivity index (χ4v) is 4.70. The van der Waals surface area contributed by atoms with Crippen LogP contribution >= 0.6 is 11.3 Å². The van der Waals surface area contributed by atoms with Crippen molar-refractivity contribution in [1.82, 2.24) is 9.55 Å². The van der Waals surface area contributed by atoms with Crippen LogP contribution in [0.25, 0.3) is 10.2 Å². The van der Waals surface area contributed by atoms with Gasteiger partial charge in [0.1, 0.15) is 10.6 Å². The summed E-state index contributed by atoms with van der Waals surface area (Å²) in [6.45, 7) is 5.46. The lowest BCUT2D eigenvalue weighted by atomic mass is 10.2. The van der Waals surface area contributed by atoms with Gasteiger partial charge in [0, 0.05) is 6.54 Å². The maximum atomic E-state index is 12.8. The molecule has 0 aliphatic heterocycles. The number of aryl methyl sites for hydroxylation is 2. The third kappa shape index (κ3) is 3.40. The highest BCUT2D eigenvalue weighted by molar-refractivity contribution is 7.91. The summed E-state index contributed by atoms with van der Waals surface area (Å²) in [5.41, 5.74) is 0.254. The van der Waals surface area contributed by atoms with Crippen LogP contribution in [0.4, 0.5) is 5.69 Å². The number of anilines is 1. The van der Waals surface area contributed by atoms with Crippen molar-refractivity contribution >= 4 is 43.0 Å². The normalized spacial score (nSPS) is 11.7. The van der Waals surface area contributed by atoms with Crippen LogP contribution in [0.1, 0.15) is 29.1 Å². The Bertz CT molecular complexity index is 1240. The van der Waals surface area contributed by atoms with Gasteiger partial charge in [-0.15, -0.1) is 11.3 Å². The zero-order valence-electron chi connectivity index (χ0n) is 15.5. The van der Waals surface area contributed by atoms with Gasteiger partial charge in [-0.1, -0.05) is 6.92 Å². The number of thiophene rings is 1. The number of rotatable bonds is 5. The average Bonchev–Trinajstić information content (AvgIpc) is 3.01. The van der Waals surface area contributed by atoms with E-state index in [9.17, 15) is 23.1 Å². The van der Waals surface area contributed by atoms with Crippen molar-refractivity contribution in [3.8, 4) is 5.75 Å². The minimum atomic E-state index is -3.49. The summed E-state index contributed by atoms with van der Waals surface area (Å²) in [6, 6.07) is 3.72. The topological polar surface area (TPSA) is 118 Å². The van der Waals surface area contributed by atoms with Crippen LogP contribution in [0.2, 0.25) is 0 Å². The van der Waals surface area contributed by atoms with E-state index in [0.29, 0.717) is 22.3 Å². The number of phenols is 1. The molecule has 28 heavy (non-hydrogen) atoms. The molecule has 2 N–H and O–H groups in total. The van der Waals surface area contributed by atoms with Gasteiger partial charge in [0.25, 0.3) is 11.5 Å². The molecule has 0 spiro atoms. The van der Waals surface area contributed by atoms with E-state index in [0.717, 1.165) is 11.3 Å². The summed E-state index contributed by atoms with van der Waals surface area (Å²) in [5.74, 6) is -0.909. The number of hydrogen-bond acceptors (Lipinski definition) is 7. The minimum Gasteiger partial charge on any atom is -0.506 e. The first-order valence-electron chi connectivity index (χ1n) is 8.55. The third-order valence-corrected chi connectivity index (χ3v) is 7.35. The molecular formula is C18H19N3O5S2. The highest BCUT2D eigenvalue weighted by Crippen LogP contribution is 2.31. The highest BCUT2D eigenvalue weighted by Gasteiger charge is 2.21. The Morgan fingerprint density at radius 1 is 1.32 bits per heavy atom. The predicted molar refractivity (Wildman–Crippen MR) is 108 cm³/mol. The molecule has 8 nitrogen and oxygen atoms in total. The standard InChI is InChI=1S/C18H19N3O5S2/c1-4-21-9-19-17-14(18(21)24)10(3)15(27-17)16(23)20-12-8-11(6-7-13(12)22)28(25,26)5-2/h6-9,22H,4-5H2,1-3H3,(H,20,23). The Morgan fingerprint density at radius 3 is 2.68 bits per heavy atom. The predicted octanol–water partition coefficient (Wildman–Crippen LogP) is 2.54. The number of aromatic hydroxyl groups is 1. The summed E-state index contributed by atoms with van der Waals surface area (Å²) in [4.78, 5) is 30.2. The van der Waals surface area contributed by atoms with E-state index in [2.05, 4.69) is 10.3 Å². The van der Waals surface area contributed by atoms with Crippen molar-refractivity contribution in [2.45, 2.75) is 32.2 Å². The van der Waals surface area contributed by atoms with Gasteiger partial charge in [-0.2, -0.15) is 0 Å². The Morgan fingerprint density at radius 2 is 2.04 bits per heavy atom. The van der Waals surface area contributed by atoms with E-state index in [1.54, 1.807) is 6.92 Å². The summed E-state index contributed by atoms with van der Waals surface area (Å²) < 4.78 is 25.6. The number of aromatic nitrogens is 2. The van der Waals surface area contributed by atoms with Crippen molar-refractivity contribution in [2.75, 3.05) is 11.1 Å². The lowest BCUT2D eigenvalue weighted by Crippen LogP contribution is -2.19. The molecule has 0 aliphatic carbocycles. The number of phenolic OH excluding ortho intramolecular Hbond substituents is 1. The highest BCUT2D eigenvalue weighted by atomic mass is 32.2. The first-order chi connectivity index (χ1) is 13.2. The van der Waals surface area contributed by atoms with E-state index in [1.165, 1.54) is 36.0 Å². The second kappa shape index (κ2) is 7.36. The first kappa shape index (κ1) is 20.0. The van der Waals surface area contributed by atoms with Gasteiger partial charge in [-0.05, 0) is 37.6 Å². The Labute approximate surface area is 165 Å². The maximum absolute atomic E-state index is 12.8. The Hall–Kier alpha value is -2.72. The monoisotopic (exact) mass is 421 g/mol. The van der Waals surface area contributed by atoms with E-state index < -0.39 is 15.7 Å². The number of nitrogens with one attached hydrogen (secondary N) is 1. The number of amides is 1. The van der Waals surface area contributed by atoms with Crippen LogP contribution < -0.4 is 10.9 Å². The van der Waals surface area contributed by atoms with E-state index in [4.69, 9.17) is 0 Å². The number of nitrogens with zero attached hydrogens (tertiary/aromatic N) is 2. The first-order valence-corrected chi connectivity index (χ1v) is 11.0. The van der Waals surface area contributed by atoms with Crippen molar-refractivity contribution in [1.29, 1.82) is 0 Å². The fourth-order valence-electron chi connectivity index (χ4n) is 2.76. The number of carbonyl (C=O) groups excluding carboxylic acids is 1. The Balaban J connectivity index is 2.03. The fraction of sp³-hybridized carbons (Fsp3) is 0.278. The molecule has 0 saturated heterocycles. The van der Waals surface area contributed by atoms with Crippen molar-refractivity contribution in [2.24, 2.45) is 0 Å². The lowest BCUT2D eigenvalue weighted by molar-refractivity contribution is 0.102. The van der Waals surface area contributed by atoms with Gasteiger partial charge >= 0.3 is 0 Å². The molecule has 10 heteroatoms.